The molecule has 0 unspecified atom stereocenters. The van der Waals surface area contributed by atoms with E-state index in [4.69, 9.17) is 0 Å². The molecule has 0 aromatic carbocycles. The van der Waals surface area contributed by atoms with Crippen molar-refractivity contribution < 1.29 is 4.92 Å². The lowest BCUT2D eigenvalue weighted by atomic mass is 9.83. The number of nitrogens with zero attached hydrogens (tertiary/aromatic N) is 3. The molecule has 1 fully saturated rings. The van der Waals surface area contributed by atoms with Crippen LogP contribution in [0, 0.1) is 28.9 Å². The molecule has 1 aromatic heterocycles. The molecule has 6 nitrogen and oxygen atoms in total. The Hall–Kier alpha value is -1.59. The van der Waals surface area contributed by atoms with Gasteiger partial charge in [-0.15, -0.1) is 0 Å². The number of anilines is 1. The molecule has 0 spiro atoms. The van der Waals surface area contributed by atoms with Crippen LogP contribution in [-0.4, -0.2) is 21.2 Å². The number of rotatable bonds is 5. The van der Waals surface area contributed by atoms with Crippen LogP contribution in [-0.2, 0) is 6.54 Å². The molecule has 1 aliphatic rings. The van der Waals surface area contributed by atoms with E-state index in [-0.39, 0.29) is 10.6 Å². The maximum Gasteiger partial charge on any atom is 0.333 e. The summed E-state index contributed by atoms with van der Waals surface area (Å²) in [6.45, 7) is 7.38. The Bertz CT molecular complexity index is 476. The van der Waals surface area contributed by atoms with Crippen LogP contribution in [0.2, 0.25) is 0 Å². The molecule has 1 aromatic rings. The SMILES string of the molecule is CCn1nc(C)c([N+](=O)[O-])c1NCC1CCC(C)CC1. The van der Waals surface area contributed by atoms with Gasteiger partial charge >= 0.3 is 5.69 Å². The third-order valence-electron chi connectivity index (χ3n) is 4.27. The summed E-state index contributed by atoms with van der Waals surface area (Å²) in [6.07, 6.45) is 4.95. The maximum atomic E-state index is 11.2. The second kappa shape index (κ2) is 6.24. The van der Waals surface area contributed by atoms with Crippen LogP contribution in [0.3, 0.4) is 0 Å². The van der Waals surface area contributed by atoms with Gasteiger partial charge in [0.2, 0.25) is 5.82 Å². The normalized spacial score (nSPS) is 22.8. The first-order chi connectivity index (χ1) is 9.52. The Morgan fingerprint density at radius 1 is 1.40 bits per heavy atom. The van der Waals surface area contributed by atoms with Crippen LogP contribution in [0.25, 0.3) is 0 Å². The van der Waals surface area contributed by atoms with Crippen molar-refractivity contribution in [2.75, 3.05) is 11.9 Å². The minimum Gasteiger partial charge on any atom is -0.364 e. The number of aryl methyl sites for hydroxylation is 2. The summed E-state index contributed by atoms with van der Waals surface area (Å²) >= 11 is 0. The molecular weight excluding hydrogens is 256 g/mol. The Morgan fingerprint density at radius 3 is 2.60 bits per heavy atom. The van der Waals surface area contributed by atoms with E-state index in [0.29, 0.717) is 24.0 Å². The molecule has 0 atom stereocenters. The molecule has 1 saturated carbocycles. The molecule has 1 N–H and O–H groups in total. The molecule has 0 bridgehead atoms. The lowest BCUT2D eigenvalue weighted by Crippen LogP contribution is -2.21. The highest BCUT2D eigenvalue weighted by Crippen LogP contribution is 2.31. The highest BCUT2D eigenvalue weighted by Gasteiger charge is 2.26. The Labute approximate surface area is 119 Å². The summed E-state index contributed by atoms with van der Waals surface area (Å²) in [4.78, 5) is 10.8. The van der Waals surface area contributed by atoms with Crippen LogP contribution < -0.4 is 5.32 Å². The Morgan fingerprint density at radius 2 is 2.05 bits per heavy atom. The van der Waals surface area contributed by atoms with E-state index >= 15 is 0 Å². The largest absolute Gasteiger partial charge is 0.364 e. The first kappa shape index (κ1) is 14.8. The third-order valence-corrected chi connectivity index (χ3v) is 4.27. The van der Waals surface area contributed by atoms with E-state index in [1.165, 1.54) is 25.7 Å². The number of hydrogen-bond acceptors (Lipinski definition) is 4. The van der Waals surface area contributed by atoms with Gasteiger partial charge in [0.1, 0.15) is 5.69 Å². The second-order valence-corrected chi connectivity index (χ2v) is 5.86. The smallest absolute Gasteiger partial charge is 0.333 e. The monoisotopic (exact) mass is 280 g/mol. The Balaban J connectivity index is 2.06. The van der Waals surface area contributed by atoms with Crippen molar-refractivity contribution in [2.45, 2.75) is 53.0 Å². The van der Waals surface area contributed by atoms with Gasteiger partial charge in [0.25, 0.3) is 0 Å². The average molecular weight is 280 g/mol. The van der Waals surface area contributed by atoms with E-state index in [9.17, 15) is 10.1 Å². The zero-order chi connectivity index (χ0) is 14.7. The summed E-state index contributed by atoms with van der Waals surface area (Å²) in [5, 5.41) is 18.7. The van der Waals surface area contributed by atoms with E-state index < -0.39 is 0 Å². The first-order valence-corrected chi connectivity index (χ1v) is 7.48. The number of aromatic nitrogens is 2. The molecular formula is C14H24N4O2. The summed E-state index contributed by atoms with van der Waals surface area (Å²) in [5.41, 5.74) is 0.604. The quantitative estimate of drug-likeness (QED) is 0.663. The fraction of sp³-hybridized carbons (Fsp3) is 0.786. The van der Waals surface area contributed by atoms with Crippen LogP contribution >= 0.6 is 0 Å². The minimum atomic E-state index is -0.334. The molecule has 2 rings (SSSR count). The molecule has 6 heteroatoms. The van der Waals surface area contributed by atoms with Crippen LogP contribution in [0.5, 0.6) is 0 Å². The van der Waals surface area contributed by atoms with Crippen molar-refractivity contribution in [1.29, 1.82) is 0 Å². The molecule has 0 amide bonds. The average Bonchev–Trinajstić information content (AvgIpc) is 2.74. The van der Waals surface area contributed by atoms with Gasteiger partial charge < -0.3 is 5.32 Å². The van der Waals surface area contributed by atoms with E-state index in [1.54, 1.807) is 11.6 Å². The van der Waals surface area contributed by atoms with Gasteiger partial charge in [-0.25, -0.2) is 4.68 Å². The predicted octanol–water partition coefficient (Wildman–Crippen LogP) is 3.36. The molecule has 0 saturated heterocycles. The summed E-state index contributed by atoms with van der Waals surface area (Å²) < 4.78 is 1.69. The van der Waals surface area contributed by atoms with Gasteiger partial charge in [-0.3, -0.25) is 10.1 Å². The standard InChI is InChI=1S/C14H24N4O2/c1-4-17-14(13(18(19)20)11(3)16-17)15-9-12-7-5-10(2)6-8-12/h10,12,15H,4-9H2,1-3H3. The van der Waals surface area contributed by atoms with Crippen molar-refractivity contribution in [1.82, 2.24) is 9.78 Å². The van der Waals surface area contributed by atoms with Gasteiger partial charge in [-0.2, -0.15) is 5.10 Å². The summed E-state index contributed by atoms with van der Waals surface area (Å²) in [6, 6.07) is 0. The maximum absolute atomic E-state index is 11.2. The highest BCUT2D eigenvalue weighted by molar-refractivity contribution is 5.59. The lowest BCUT2D eigenvalue weighted by Gasteiger charge is -2.26. The van der Waals surface area contributed by atoms with E-state index in [2.05, 4.69) is 17.3 Å². The fourth-order valence-corrected chi connectivity index (χ4v) is 2.97. The highest BCUT2D eigenvalue weighted by atomic mass is 16.6. The van der Waals surface area contributed by atoms with Crippen LogP contribution in [0.1, 0.15) is 45.2 Å². The van der Waals surface area contributed by atoms with Crippen molar-refractivity contribution in [3.63, 3.8) is 0 Å². The van der Waals surface area contributed by atoms with E-state index in [1.807, 2.05) is 6.92 Å². The van der Waals surface area contributed by atoms with E-state index in [0.717, 1.165) is 12.5 Å². The molecule has 112 valence electrons. The van der Waals surface area contributed by atoms with Crippen molar-refractivity contribution in [3.8, 4) is 0 Å². The van der Waals surface area contributed by atoms with Gasteiger partial charge in [0.15, 0.2) is 0 Å². The zero-order valence-corrected chi connectivity index (χ0v) is 12.6. The van der Waals surface area contributed by atoms with Gasteiger partial charge in [0.05, 0.1) is 4.92 Å². The first-order valence-electron chi connectivity index (χ1n) is 7.48. The molecule has 1 aliphatic carbocycles. The summed E-state index contributed by atoms with van der Waals surface area (Å²) in [5.74, 6) is 2.00. The van der Waals surface area contributed by atoms with Crippen LogP contribution in [0.4, 0.5) is 11.5 Å². The van der Waals surface area contributed by atoms with Crippen molar-refractivity contribution in [3.05, 3.63) is 15.8 Å². The van der Waals surface area contributed by atoms with Crippen molar-refractivity contribution >= 4 is 11.5 Å². The second-order valence-electron chi connectivity index (χ2n) is 5.86. The molecule has 0 aliphatic heterocycles. The minimum absolute atomic E-state index is 0.121. The number of nitro groups is 1. The lowest BCUT2D eigenvalue weighted by molar-refractivity contribution is -0.384. The molecule has 0 radical (unpaired) electrons. The number of hydrogen-bond donors (Lipinski definition) is 1. The molecule has 1 heterocycles. The van der Waals surface area contributed by atoms with Crippen molar-refractivity contribution in [2.24, 2.45) is 11.8 Å². The van der Waals surface area contributed by atoms with Gasteiger partial charge in [-0.1, -0.05) is 19.8 Å². The summed E-state index contributed by atoms with van der Waals surface area (Å²) in [7, 11) is 0. The Kier molecular flexibility index (Phi) is 4.62. The fourth-order valence-electron chi connectivity index (χ4n) is 2.97. The van der Waals surface area contributed by atoms with Crippen LogP contribution in [0.15, 0.2) is 0 Å². The third kappa shape index (κ3) is 3.11. The zero-order valence-electron chi connectivity index (χ0n) is 12.6. The molecule has 20 heavy (non-hydrogen) atoms. The number of nitrogens with one attached hydrogen (secondary N) is 1. The topological polar surface area (TPSA) is 73.0 Å². The predicted molar refractivity (Wildman–Crippen MR) is 78.9 cm³/mol. The van der Waals surface area contributed by atoms with Gasteiger partial charge in [-0.05, 0) is 38.5 Å². The van der Waals surface area contributed by atoms with Gasteiger partial charge in [0, 0.05) is 13.1 Å².